The van der Waals surface area contributed by atoms with E-state index in [2.05, 4.69) is 6.07 Å². The lowest BCUT2D eigenvalue weighted by Gasteiger charge is -2.22. The molecule has 0 unspecified atom stereocenters. The first-order valence-corrected chi connectivity index (χ1v) is 5.50. The van der Waals surface area contributed by atoms with Gasteiger partial charge in [-0.2, -0.15) is 0 Å². The average molecular weight is 202 g/mol. The highest BCUT2D eigenvalue weighted by atomic mass is 35.5. The summed E-state index contributed by atoms with van der Waals surface area (Å²) in [6, 6.07) is 2.07. The Labute approximate surface area is 81.5 Å². The molecule has 1 aromatic rings. The van der Waals surface area contributed by atoms with Crippen LogP contribution in [0.1, 0.15) is 31.2 Å². The van der Waals surface area contributed by atoms with Gasteiger partial charge in [0.05, 0.1) is 4.34 Å². The van der Waals surface area contributed by atoms with Crippen molar-refractivity contribution in [3.05, 3.63) is 21.3 Å². The van der Waals surface area contributed by atoms with Crippen LogP contribution in [-0.2, 0) is 5.54 Å². The summed E-state index contributed by atoms with van der Waals surface area (Å²) in [6.07, 6.45) is 4.65. The van der Waals surface area contributed by atoms with E-state index in [1.54, 1.807) is 11.3 Å². The quantitative estimate of drug-likeness (QED) is 0.743. The fourth-order valence-corrected chi connectivity index (χ4v) is 3.06. The molecular formula is C9H12ClNS. The van der Waals surface area contributed by atoms with Gasteiger partial charge >= 0.3 is 0 Å². The van der Waals surface area contributed by atoms with Crippen LogP contribution in [0.15, 0.2) is 11.4 Å². The summed E-state index contributed by atoms with van der Waals surface area (Å²) in [5.74, 6) is 0. The molecule has 3 heteroatoms. The molecule has 1 saturated carbocycles. The van der Waals surface area contributed by atoms with Gasteiger partial charge in [-0.05, 0) is 24.3 Å². The van der Waals surface area contributed by atoms with Crippen molar-refractivity contribution < 1.29 is 0 Å². The Hall–Kier alpha value is -0.0500. The van der Waals surface area contributed by atoms with E-state index in [1.165, 1.54) is 12.8 Å². The van der Waals surface area contributed by atoms with Crippen LogP contribution >= 0.6 is 22.9 Å². The standard InChI is InChI=1S/C9H12ClNS/c10-8-7(3-6-12-8)9(11)4-1-2-5-9/h3,6H,1-2,4-5,11H2. The zero-order valence-electron chi connectivity index (χ0n) is 6.85. The molecule has 1 fully saturated rings. The zero-order valence-corrected chi connectivity index (χ0v) is 8.42. The van der Waals surface area contributed by atoms with Crippen LogP contribution in [-0.4, -0.2) is 0 Å². The van der Waals surface area contributed by atoms with Crippen molar-refractivity contribution in [2.75, 3.05) is 0 Å². The van der Waals surface area contributed by atoms with Crippen molar-refractivity contribution in [1.82, 2.24) is 0 Å². The van der Waals surface area contributed by atoms with E-state index in [4.69, 9.17) is 17.3 Å². The second kappa shape index (κ2) is 3.02. The molecular weight excluding hydrogens is 190 g/mol. The molecule has 1 aromatic heterocycles. The van der Waals surface area contributed by atoms with E-state index in [-0.39, 0.29) is 5.54 Å². The van der Waals surface area contributed by atoms with Crippen molar-refractivity contribution in [3.63, 3.8) is 0 Å². The fraction of sp³-hybridized carbons (Fsp3) is 0.556. The second-order valence-electron chi connectivity index (χ2n) is 3.47. The summed E-state index contributed by atoms with van der Waals surface area (Å²) >= 11 is 7.62. The normalized spacial score (nSPS) is 21.5. The van der Waals surface area contributed by atoms with Gasteiger partial charge in [-0.25, -0.2) is 0 Å². The molecule has 1 nitrogen and oxygen atoms in total. The van der Waals surface area contributed by atoms with Gasteiger partial charge in [0, 0.05) is 11.1 Å². The minimum Gasteiger partial charge on any atom is -0.321 e. The van der Waals surface area contributed by atoms with E-state index >= 15 is 0 Å². The highest BCUT2D eigenvalue weighted by Gasteiger charge is 2.33. The van der Waals surface area contributed by atoms with E-state index < -0.39 is 0 Å². The summed E-state index contributed by atoms with van der Waals surface area (Å²) in [5.41, 5.74) is 7.29. The van der Waals surface area contributed by atoms with Crippen molar-refractivity contribution in [3.8, 4) is 0 Å². The number of rotatable bonds is 1. The van der Waals surface area contributed by atoms with Crippen LogP contribution in [0, 0.1) is 0 Å². The van der Waals surface area contributed by atoms with Gasteiger partial charge in [0.25, 0.3) is 0 Å². The molecule has 0 spiro atoms. The van der Waals surface area contributed by atoms with Gasteiger partial charge < -0.3 is 5.73 Å². The lowest BCUT2D eigenvalue weighted by molar-refractivity contribution is 0.463. The maximum atomic E-state index is 6.25. The molecule has 2 rings (SSSR count). The van der Waals surface area contributed by atoms with Gasteiger partial charge in [0.15, 0.2) is 0 Å². The maximum Gasteiger partial charge on any atom is 0.0978 e. The molecule has 0 aliphatic heterocycles. The van der Waals surface area contributed by atoms with E-state index in [1.807, 2.05) is 5.38 Å². The first-order valence-electron chi connectivity index (χ1n) is 4.25. The monoisotopic (exact) mass is 201 g/mol. The Morgan fingerprint density at radius 1 is 1.42 bits per heavy atom. The average Bonchev–Trinajstić information content (AvgIpc) is 2.59. The fourth-order valence-electron chi connectivity index (χ4n) is 1.93. The van der Waals surface area contributed by atoms with Crippen LogP contribution in [0.3, 0.4) is 0 Å². The molecule has 1 aliphatic rings. The highest BCUT2D eigenvalue weighted by Crippen LogP contribution is 2.41. The molecule has 1 aliphatic carbocycles. The number of thiophene rings is 1. The molecule has 1 heterocycles. The third-order valence-corrected chi connectivity index (χ3v) is 3.82. The lowest BCUT2D eigenvalue weighted by atomic mass is 9.92. The second-order valence-corrected chi connectivity index (χ2v) is 4.99. The summed E-state index contributed by atoms with van der Waals surface area (Å²) in [4.78, 5) is 0. The summed E-state index contributed by atoms with van der Waals surface area (Å²) < 4.78 is 0.874. The third-order valence-electron chi connectivity index (χ3n) is 2.65. The largest absolute Gasteiger partial charge is 0.321 e. The van der Waals surface area contributed by atoms with Gasteiger partial charge in [0.1, 0.15) is 0 Å². The molecule has 12 heavy (non-hydrogen) atoms. The Morgan fingerprint density at radius 2 is 2.08 bits per heavy atom. The smallest absolute Gasteiger partial charge is 0.0978 e. The third kappa shape index (κ3) is 1.28. The van der Waals surface area contributed by atoms with Crippen molar-refractivity contribution in [2.45, 2.75) is 31.2 Å². The van der Waals surface area contributed by atoms with Crippen molar-refractivity contribution in [1.29, 1.82) is 0 Å². The highest BCUT2D eigenvalue weighted by molar-refractivity contribution is 7.14. The maximum absolute atomic E-state index is 6.25. The lowest BCUT2D eigenvalue weighted by Crippen LogP contribution is -2.32. The van der Waals surface area contributed by atoms with Gasteiger partial charge in [-0.1, -0.05) is 24.4 Å². The number of hydrogen-bond donors (Lipinski definition) is 1. The van der Waals surface area contributed by atoms with E-state index in [9.17, 15) is 0 Å². The topological polar surface area (TPSA) is 26.0 Å². The van der Waals surface area contributed by atoms with E-state index in [0.29, 0.717) is 0 Å². The minimum absolute atomic E-state index is 0.114. The Morgan fingerprint density at radius 3 is 2.58 bits per heavy atom. The zero-order chi connectivity index (χ0) is 8.60. The predicted octanol–water partition coefficient (Wildman–Crippen LogP) is 3.13. The summed E-state index contributed by atoms with van der Waals surface area (Å²) in [5, 5.41) is 2.02. The van der Waals surface area contributed by atoms with Gasteiger partial charge in [0.2, 0.25) is 0 Å². The van der Waals surface area contributed by atoms with Gasteiger partial charge in [-0.15, -0.1) is 11.3 Å². The molecule has 0 radical (unpaired) electrons. The van der Waals surface area contributed by atoms with Crippen LogP contribution in [0.2, 0.25) is 4.34 Å². The van der Waals surface area contributed by atoms with Crippen LogP contribution in [0.4, 0.5) is 0 Å². The van der Waals surface area contributed by atoms with Crippen molar-refractivity contribution in [2.24, 2.45) is 5.73 Å². The molecule has 0 saturated heterocycles. The number of halogens is 1. The Bertz CT molecular complexity index is 276. The van der Waals surface area contributed by atoms with E-state index in [0.717, 1.165) is 22.7 Å². The summed E-state index contributed by atoms with van der Waals surface area (Å²) in [6.45, 7) is 0. The Balaban J connectivity index is 2.34. The van der Waals surface area contributed by atoms with Crippen molar-refractivity contribution >= 4 is 22.9 Å². The Kier molecular flexibility index (Phi) is 2.15. The SMILES string of the molecule is NC1(c2ccsc2Cl)CCCC1. The first kappa shape index (κ1) is 8.54. The summed E-state index contributed by atoms with van der Waals surface area (Å²) in [7, 11) is 0. The minimum atomic E-state index is -0.114. The molecule has 66 valence electrons. The molecule has 0 aromatic carbocycles. The molecule has 0 amide bonds. The van der Waals surface area contributed by atoms with Crippen LogP contribution in [0.5, 0.6) is 0 Å². The molecule has 2 N–H and O–H groups in total. The molecule has 0 bridgehead atoms. The predicted molar refractivity (Wildman–Crippen MR) is 53.7 cm³/mol. The number of hydrogen-bond acceptors (Lipinski definition) is 2. The van der Waals surface area contributed by atoms with Crippen LogP contribution < -0.4 is 5.73 Å². The number of nitrogens with two attached hydrogens (primary N) is 1. The molecule has 0 atom stereocenters. The van der Waals surface area contributed by atoms with Gasteiger partial charge in [-0.3, -0.25) is 0 Å². The first-order chi connectivity index (χ1) is 5.72. The van der Waals surface area contributed by atoms with Crippen LogP contribution in [0.25, 0.3) is 0 Å².